The maximum absolute atomic E-state index is 14.7. The summed E-state index contributed by atoms with van der Waals surface area (Å²) >= 11 is 0. The average molecular weight is 517 g/mol. The molecule has 0 bridgehead atoms. The quantitative estimate of drug-likeness (QED) is 0.174. The summed E-state index contributed by atoms with van der Waals surface area (Å²) in [6.07, 6.45) is 24.2. The molecule has 3 rings (SSSR count). The SMILES string of the molecule is CCCCCCCCCOc1cnc(-c2ccc(OCCCCCCCC3CCCC3)c(F)c2F)nc1. The molecule has 1 fully saturated rings. The number of unbranched alkanes of at least 4 members (excludes halogenated alkanes) is 10. The first-order chi connectivity index (χ1) is 18.2. The molecule has 1 aliphatic carbocycles. The minimum Gasteiger partial charge on any atom is -0.490 e. The van der Waals surface area contributed by atoms with Gasteiger partial charge < -0.3 is 9.47 Å². The van der Waals surface area contributed by atoms with Crippen LogP contribution in [-0.4, -0.2) is 23.2 Å². The molecule has 0 unspecified atom stereocenters. The van der Waals surface area contributed by atoms with Crippen molar-refractivity contribution in [1.82, 2.24) is 9.97 Å². The minimum absolute atomic E-state index is 0.0192. The molecular formula is C31H46F2N2O2. The number of benzene rings is 1. The summed E-state index contributed by atoms with van der Waals surface area (Å²) < 4.78 is 40.6. The monoisotopic (exact) mass is 516 g/mol. The van der Waals surface area contributed by atoms with E-state index in [0.717, 1.165) is 31.6 Å². The van der Waals surface area contributed by atoms with Crippen LogP contribution in [0.3, 0.4) is 0 Å². The third kappa shape index (κ3) is 10.6. The summed E-state index contributed by atoms with van der Waals surface area (Å²) in [5.74, 6) is -0.409. The molecule has 2 aromatic rings. The number of hydrogen-bond acceptors (Lipinski definition) is 4. The number of aromatic nitrogens is 2. The second-order valence-corrected chi connectivity index (χ2v) is 10.5. The summed E-state index contributed by atoms with van der Waals surface area (Å²) in [7, 11) is 0. The van der Waals surface area contributed by atoms with Gasteiger partial charge in [0.05, 0.1) is 31.2 Å². The Bertz CT molecular complexity index is 886. The molecule has 0 amide bonds. The lowest BCUT2D eigenvalue weighted by molar-refractivity contribution is 0.284. The molecule has 1 aliphatic rings. The highest BCUT2D eigenvalue weighted by Crippen LogP contribution is 2.30. The lowest BCUT2D eigenvalue weighted by Crippen LogP contribution is -2.03. The second-order valence-electron chi connectivity index (χ2n) is 10.5. The van der Waals surface area contributed by atoms with E-state index in [1.165, 1.54) is 108 Å². The van der Waals surface area contributed by atoms with Crippen molar-refractivity contribution >= 4 is 0 Å². The van der Waals surface area contributed by atoms with Gasteiger partial charge in [0.15, 0.2) is 23.1 Å². The zero-order chi connectivity index (χ0) is 26.1. The minimum atomic E-state index is -0.989. The topological polar surface area (TPSA) is 44.2 Å². The maximum atomic E-state index is 14.7. The third-order valence-corrected chi connectivity index (χ3v) is 7.42. The normalized spacial score (nSPS) is 13.8. The Balaban J connectivity index is 1.33. The largest absolute Gasteiger partial charge is 0.490 e. The molecule has 0 saturated heterocycles. The van der Waals surface area contributed by atoms with Gasteiger partial charge in [-0.25, -0.2) is 14.4 Å². The van der Waals surface area contributed by atoms with Gasteiger partial charge in [0.2, 0.25) is 5.82 Å². The second kappa shape index (κ2) is 17.3. The van der Waals surface area contributed by atoms with Crippen molar-refractivity contribution in [2.75, 3.05) is 13.2 Å². The number of rotatable bonds is 19. The van der Waals surface area contributed by atoms with Gasteiger partial charge in [0.1, 0.15) is 0 Å². The highest BCUT2D eigenvalue weighted by atomic mass is 19.2. The van der Waals surface area contributed by atoms with Crippen molar-refractivity contribution in [3.63, 3.8) is 0 Å². The third-order valence-electron chi connectivity index (χ3n) is 7.42. The van der Waals surface area contributed by atoms with Crippen LogP contribution < -0.4 is 9.47 Å². The maximum Gasteiger partial charge on any atom is 0.201 e. The van der Waals surface area contributed by atoms with Gasteiger partial charge in [-0.15, -0.1) is 0 Å². The smallest absolute Gasteiger partial charge is 0.201 e. The number of halogens is 2. The zero-order valence-corrected chi connectivity index (χ0v) is 22.8. The van der Waals surface area contributed by atoms with Crippen LogP contribution in [0, 0.1) is 17.6 Å². The summed E-state index contributed by atoms with van der Waals surface area (Å²) in [4.78, 5) is 8.36. The fourth-order valence-corrected chi connectivity index (χ4v) is 5.14. The summed E-state index contributed by atoms with van der Waals surface area (Å²) in [5.41, 5.74) is 0.0192. The molecule has 206 valence electrons. The van der Waals surface area contributed by atoms with E-state index in [0.29, 0.717) is 19.0 Å². The lowest BCUT2D eigenvalue weighted by atomic mass is 9.99. The van der Waals surface area contributed by atoms with E-state index in [4.69, 9.17) is 9.47 Å². The fourth-order valence-electron chi connectivity index (χ4n) is 5.14. The van der Waals surface area contributed by atoms with E-state index in [-0.39, 0.29) is 17.1 Å². The van der Waals surface area contributed by atoms with E-state index in [2.05, 4.69) is 16.9 Å². The first-order valence-electron chi connectivity index (χ1n) is 14.7. The van der Waals surface area contributed by atoms with Gasteiger partial charge in [-0.05, 0) is 30.9 Å². The number of nitrogens with zero attached hydrogens (tertiary/aromatic N) is 2. The van der Waals surface area contributed by atoms with E-state index in [1.807, 2.05) is 0 Å². The van der Waals surface area contributed by atoms with Gasteiger partial charge in [0, 0.05) is 0 Å². The Hall–Kier alpha value is -2.24. The van der Waals surface area contributed by atoms with Crippen LogP contribution in [-0.2, 0) is 0 Å². The van der Waals surface area contributed by atoms with Crippen molar-refractivity contribution < 1.29 is 18.3 Å². The Morgan fingerprint density at radius 2 is 1.32 bits per heavy atom. The van der Waals surface area contributed by atoms with Crippen LogP contribution in [0.5, 0.6) is 11.5 Å². The molecule has 1 aromatic heterocycles. The predicted molar refractivity (Wildman–Crippen MR) is 146 cm³/mol. The Kier molecular flexibility index (Phi) is 13.7. The Morgan fingerprint density at radius 3 is 2.00 bits per heavy atom. The first-order valence-corrected chi connectivity index (χ1v) is 14.7. The summed E-state index contributed by atoms with van der Waals surface area (Å²) in [5, 5.41) is 0. The molecular weight excluding hydrogens is 470 g/mol. The van der Waals surface area contributed by atoms with Gasteiger partial charge in [0.25, 0.3) is 0 Å². The summed E-state index contributed by atoms with van der Waals surface area (Å²) in [6, 6.07) is 2.94. The van der Waals surface area contributed by atoms with Crippen LogP contribution in [0.4, 0.5) is 8.78 Å². The van der Waals surface area contributed by atoms with Crippen LogP contribution in [0.2, 0.25) is 0 Å². The number of hydrogen-bond donors (Lipinski definition) is 0. The highest BCUT2D eigenvalue weighted by Gasteiger charge is 2.18. The van der Waals surface area contributed by atoms with Crippen LogP contribution in [0.1, 0.15) is 116 Å². The van der Waals surface area contributed by atoms with Gasteiger partial charge >= 0.3 is 0 Å². The molecule has 0 aliphatic heterocycles. The average Bonchev–Trinajstić information content (AvgIpc) is 3.44. The van der Waals surface area contributed by atoms with Crippen molar-refractivity contribution in [3.05, 3.63) is 36.2 Å². The van der Waals surface area contributed by atoms with Crippen LogP contribution in [0.25, 0.3) is 11.4 Å². The molecule has 37 heavy (non-hydrogen) atoms. The van der Waals surface area contributed by atoms with Crippen molar-refractivity contribution in [2.45, 2.75) is 116 Å². The van der Waals surface area contributed by atoms with E-state index in [1.54, 1.807) is 0 Å². The van der Waals surface area contributed by atoms with E-state index >= 15 is 0 Å². The molecule has 0 N–H and O–H groups in total. The molecule has 0 atom stereocenters. The highest BCUT2D eigenvalue weighted by molar-refractivity contribution is 5.57. The van der Waals surface area contributed by atoms with Gasteiger partial charge in [-0.1, -0.05) is 103 Å². The lowest BCUT2D eigenvalue weighted by Gasteiger charge is -2.11. The standard InChI is InChI=1S/C31H46F2N2O2/c1-2-3-4-5-6-9-14-21-36-26-23-34-31(35-24-26)27-19-20-28(30(33)29(27)32)37-22-15-10-7-8-11-16-25-17-12-13-18-25/h19-20,23-25H,2-18,21-22H2,1H3. The van der Waals surface area contributed by atoms with Crippen LogP contribution >= 0.6 is 0 Å². The van der Waals surface area contributed by atoms with E-state index < -0.39 is 11.6 Å². The molecule has 0 radical (unpaired) electrons. The van der Waals surface area contributed by atoms with Gasteiger partial charge in [-0.3, -0.25) is 0 Å². The first kappa shape index (κ1) is 29.3. The zero-order valence-electron chi connectivity index (χ0n) is 22.8. The Labute approximate surface area is 222 Å². The predicted octanol–water partition coefficient (Wildman–Crippen LogP) is 9.46. The number of ether oxygens (including phenoxy) is 2. The van der Waals surface area contributed by atoms with E-state index in [9.17, 15) is 8.78 Å². The molecule has 0 spiro atoms. The van der Waals surface area contributed by atoms with Crippen molar-refractivity contribution in [1.29, 1.82) is 0 Å². The van der Waals surface area contributed by atoms with Crippen LogP contribution in [0.15, 0.2) is 24.5 Å². The molecule has 1 aromatic carbocycles. The molecule has 1 saturated carbocycles. The van der Waals surface area contributed by atoms with Gasteiger partial charge in [-0.2, -0.15) is 4.39 Å². The Morgan fingerprint density at radius 1 is 0.730 bits per heavy atom. The van der Waals surface area contributed by atoms with Crippen molar-refractivity contribution in [3.8, 4) is 22.9 Å². The molecule has 6 heteroatoms. The van der Waals surface area contributed by atoms with Crippen molar-refractivity contribution in [2.24, 2.45) is 5.92 Å². The molecule has 1 heterocycles. The summed E-state index contributed by atoms with van der Waals surface area (Å²) in [6.45, 7) is 3.21. The molecule has 4 nitrogen and oxygen atoms in total. The fraction of sp³-hybridized carbons (Fsp3) is 0.677.